The molecule has 0 fully saturated rings. The van der Waals surface area contributed by atoms with Crippen LogP contribution in [0.3, 0.4) is 0 Å². The van der Waals surface area contributed by atoms with Crippen molar-refractivity contribution in [2.45, 2.75) is 20.3 Å². The molecule has 20 heavy (non-hydrogen) atoms. The maximum Gasteiger partial charge on any atom is 0.276 e. The molecule has 1 amide bonds. The van der Waals surface area contributed by atoms with E-state index in [1.165, 1.54) is 0 Å². The molecule has 2 aromatic rings. The fourth-order valence-corrected chi connectivity index (χ4v) is 1.80. The zero-order chi connectivity index (χ0) is 14.4. The summed E-state index contributed by atoms with van der Waals surface area (Å²) in [5.41, 5.74) is 2.15. The van der Waals surface area contributed by atoms with Gasteiger partial charge in [-0.05, 0) is 31.0 Å². The van der Waals surface area contributed by atoms with Crippen LogP contribution in [0.1, 0.15) is 29.9 Å². The monoisotopic (exact) mass is 271 g/mol. The first-order valence-electron chi connectivity index (χ1n) is 6.60. The summed E-state index contributed by atoms with van der Waals surface area (Å²) in [6.45, 7) is 4.43. The quantitative estimate of drug-likeness (QED) is 0.908. The summed E-state index contributed by atoms with van der Waals surface area (Å²) >= 11 is 0. The highest BCUT2D eigenvalue weighted by atomic mass is 16.5. The smallest absolute Gasteiger partial charge is 0.276 e. The molecule has 104 valence electrons. The Morgan fingerprint density at radius 2 is 1.95 bits per heavy atom. The summed E-state index contributed by atoms with van der Waals surface area (Å²) in [5, 5.41) is 10.5. The lowest BCUT2D eigenvalue weighted by atomic mass is 10.1. The van der Waals surface area contributed by atoms with Crippen LogP contribution < -0.4 is 10.1 Å². The van der Waals surface area contributed by atoms with Crippen molar-refractivity contribution in [1.82, 2.24) is 10.2 Å². The predicted molar refractivity (Wildman–Crippen MR) is 77.0 cm³/mol. The van der Waals surface area contributed by atoms with Crippen molar-refractivity contribution in [1.29, 1.82) is 0 Å². The lowest BCUT2D eigenvalue weighted by Gasteiger charge is -2.09. The molecule has 1 aromatic carbocycles. The maximum atomic E-state index is 12.1. The van der Waals surface area contributed by atoms with E-state index in [-0.39, 0.29) is 11.6 Å². The number of nitrogens with zero attached hydrogens (tertiary/aromatic N) is 2. The van der Waals surface area contributed by atoms with Crippen molar-refractivity contribution in [3.63, 3.8) is 0 Å². The van der Waals surface area contributed by atoms with E-state index in [9.17, 15) is 4.79 Å². The Kier molecular flexibility index (Phi) is 4.65. The van der Waals surface area contributed by atoms with Crippen LogP contribution >= 0.6 is 0 Å². The molecule has 0 saturated heterocycles. The molecule has 1 aromatic heterocycles. The van der Waals surface area contributed by atoms with Gasteiger partial charge in [0.25, 0.3) is 5.91 Å². The average Bonchev–Trinajstić information content (AvgIpc) is 2.49. The zero-order valence-corrected chi connectivity index (χ0v) is 11.6. The summed E-state index contributed by atoms with van der Waals surface area (Å²) in [4.78, 5) is 12.1. The maximum absolute atomic E-state index is 12.1. The lowest BCUT2D eigenvalue weighted by Crippen LogP contribution is -2.15. The lowest BCUT2D eigenvalue weighted by molar-refractivity contribution is 0.102. The Bertz CT molecular complexity index is 582. The van der Waals surface area contributed by atoms with E-state index in [2.05, 4.69) is 15.5 Å². The van der Waals surface area contributed by atoms with Crippen molar-refractivity contribution < 1.29 is 9.53 Å². The fraction of sp³-hybridized carbons (Fsp3) is 0.267. The number of aromatic nitrogens is 2. The second-order valence-electron chi connectivity index (χ2n) is 4.15. The van der Waals surface area contributed by atoms with Gasteiger partial charge in [0.2, 0.25) is 5.88 Å². The molecule has 0 atom stereocenters. The Labute approximate surface area is 118 Å². The van der Waals surface area contributed by atoms with Crippen LogP contribution in [0.5, 0.6) is 5.88 Å². The highest BCUT2D eigenvalue weighted by Crippen LogP contribution is 2.16. The second-order valence-corrected chi connectivity index (χ2v) is 4.15. The van der Waals surface area contributed by atoms with Gasteiger partial charge in [0.15, 0.2) is 5.69 Å². The molecule has 0 bridgehead atoms. The minimum Gasteiger partial charge on any atom is -0.477 e. The number of hydrogen-bond donors (Lipinski definition) is 1. The number of carbonyl (C=O) groups is 1. The first kappa shape index (κ1) is 14.0. The first-order valence-corrected chi connectivity index (χ1v) is 6.60. The van der Waals surface area contributed by atoms with Crippen LogP contribution in [-0.2, 0) is 6.42 Å². The topological polar surface area (TPSA) is 64.1 Å². The molecule has 5 nitrogen and oxygen atoms in total. The van der Waals surface area contributed by atoms with Crippen LogP contribution in [0, 0.1) is 0 Å². The van der Waals surface area contributed by atoms with E-state index < -0.39 is 0 Å². The van der Waals surface area contributed by atoms with Crippen LogP contribution in [0.4, 0.5) is 5.69 Å². The third kappa shape index (κ3) is 3.32. The molecule has 2 rings (SSSR count). The van der Waals surface area contributed by atoms with Gasteiger partial charge < -0.3 is 10.1 Å². The Morgan fingerprint density at radius 1 is 1.15 bits per heavy atom. The van der Waals surface area contributed by atoms with E-state index in [4.69, 9.17) is 4.74 Å². The Hall–Kier alpha value is -2.43. The van der Waals surface area contributed by atoms with E-state index in [1.807, 2.05) is 38.1 Å². The molecule has 5 heteroatoms. The van der Waals surface area contributed by atoms with Gasteiger partial charge in [0, 0.05) is 11.8 Å². The Morgan fingerprint density at radius 3 is 2.60 bits per heavy atom. The van der Waals surface area contributed by atoms with Gasteiger partial charge in [-0.3, -0.25) is 4.79 Å². The van der Waals surface area contributed by atoms with Gasteiger partial charge in [-0.25, -0.2) is 0 Å². The third-order valence-electron chi connectivity index (χ3n) is 2.81. The highest BCUT2D eigenvalue weighted by molar-refractivity contribution is 6.03. The summed E-state index contributed by atoms with van der Waals surface area (Å²) in [6, 6.07) is 10.9. The number of ether oxygens (including phenoxy) is 1. The minimum atomic E-state index is -0.276. The number of amides is 1. The van der Waals surface area contributed by atoms with Crippen molar-refractivity contribution in [3.8, 4) is 5.88 Å². The van der Waals surface area contributed by atoms with Crippen LogP contribution in [0.2, 0.25) is 0 Å². The van der Waals surface area contributed by atoms with Gasteiger partial charge in [-0.15, -0.1) is 10.2 Å². The summed E-state index contributed by atoms with van der Waals surface area (Å²) in [7, 11) is 0. The van der Waals surface area contributed by atoms with Gasteiger partial charge in [0.05, 0.1) is 6.61 Å². The number of para-hydroxylation sites is 1. The van der Waals surface area contributed by atoms with Crippen molar-refractivity contribution >= 4 is 11.6 Å². The first-order chi connectivity index (χ1) is 9.74. The van der Waals surface area contributed by atoms with Crippen molar-refractivity contribution in [3.05, 3.63) is 47.7 Å². The van der Waals surface area contributed by atoms with Crippen LogP contribution in [0.25, 0.3) is 0 Å². The molecule has 0 aliphatic carbocycles. The average molecular weight is 271 g/mol. The third-order valence-corrected chi connectivity index (χ3v) is 2.81. The molecule has 0 radical (unpaired) electrons. The van der Waals surface area contributed by atoms with E-state index in [0.29, 0.717) is 12.5 Å². The standard InChI is InChI=1S/C15H17N3O2/c1-3-11-7-5-6-8-12(11)16-15(19)13-9-10-14(18-17-13)20-4-2/h5-10H,3-4H2,1-2H3,(H,16,19). The Balaban J connectivity index is 2.11. The number of carbonyl (C=O) groups excluding carboxylic acids is 1. The van der Waals surface area contributed by atoms with Crippen LogP contribution in [0.15, 0.2) is 36.4 Å². The number of nitrogens with one attached hydrogen (secondary N) is 1. The van der Waals surface area contributed by atoms with Crippen LogP contribution in [-0.4, -0.2) is 22.7 Å². The van der Waals surface area contributed by atoms with E-state index in [0.717, 1.165) is 17.7 Å². The number of aryl methyl sites for hydroxylation is 1. The number of rotatable bonds is 5. The largest absolute Gasteiger partial charge is 0.477 e. The van der Waals surface area contributed by atoms with Gasteiger partial charge in [-0.2, -0.15) is 0 Å². The number of anilines is 1. The molecule has 0 unspecified atom stereocenters. The van der Waals surface area contributed by atoms with E-state index >= 15 is 0 Å². The molecule has 1 heterocycles. The van der Waals surface area contributed by atoms with Crippen molar-refractivity contribution in [2.75, 3.05) is 11.9 Å². The summed E-state index contributed by atoms with van der Waals surface area (Å²) in [5.74, 6) is 0.138. The number of hydrogen-bond acceptors (Lipinski definition) is 4. The molecule has 1 N–H and O–H groups in total. The summed E-state index contributed by atoms with van der Waals surface area (Å²) < 4.78 is 5.19. The zero-order valence-electron chi connectivity index (χ0n) is 11.6. The number of benzene rings is 1. The normalized spacial score (nSPS) is 10.1. The molecule has 0 aliphatic rings. The van der Waals surface area contributed by atoms with Gasteiger partial charge in [0.1, 0.15) is 0 Å². The second kappa shape index (κ2) is 6.65. The highest BCUT2D eigenvalue weighted by Gasteiger charge is 2.10. The molecule has 0 aliphatic heterocycles. The SMILES string of the molecule is CCOc1ccc(C(=O)Nc2ccccc2CC)nn1. The molecular formula is C15H17N3O2. The van der Waals surface area contributed by atoms with Gasteiger partial charge in [-0.1, -0.05) is 25.1 Å². The van der Waals surface area contributed by atoms with Crippen molar-refractivity contribution in [2.24, 2.45) is 0 Å². The van der Waals surface area contributed by atoms with E-state index in [1.54, 1.807) is 12.1 Å². The summed E-state index contributed by atoms with van der Waals surface area (Å²) in [6.07, 6.45) is 0.853. The molecular weight excluding hydrogens is 254 g/mol. The van der Waals surface area contributed by atoms with Gasteiger partial charge >= 0.3 is 0 Å². The minimum absolute atomic E-state index is 0.263. The predicted octanol–water partition coefficient (Wildman–Crippen LogP) is 2.69. The fourth-order valence-electron chi connectivity index (χ4n) is 1.80. The molecule has 0 saturated carbocycles. The molecule has 0 spiro atoms.